The summed E-state index contributed by atoms with van der Waals surface area (Å²) in [6, 6.07) is 13.4. The zero-order chi connectivity index (χ0) is 19.1. The fourth-order valence-electron chi connectivity index (χ4n) is 3.10. The number of carbonyl (C=O) groups is 1. The summed E-state index contributed by atoms with van der Waals surface area (Å²) in [6.07, 6.45) is 2.24. The van der Waals surface area contributed by atoms with Crippen LogP contribution in [0.5, 0.6) is 5.75 Å². The number of hydrogen-bond donors (Lipinski definition) is 3. The molecule has 0 aromatic heterocycles. The molecule has 1 aliphatic heterocycles. The van der Waals surface area contributed by atoms with E-state index in [-0.39, 0.29) is 11.7 Å². The van der Waals surface area contributed by atoms with E-state index in [0.717, 1.165) is 25.9 Å². The summed E-state index contributed by atoms with van der Waals surface area (Å²) < 4.78 is 28.8. The van der Waals surface area contributed by atoms with Gasteiger partial charge in [-0.05, 0) is 68.2 Å². The monoisotopic (exact) mass is 375 g/mol. The van der Waals surface area contributed by atoms with E-state index >= 15 is 0 Å². The van der Waals surface area contributed by atoms with Crippen molar-refractivity contribution in [2.75, 3.05) is 25.0 Å². The van der Waals surface area contributed by atoms with Crippen molar-refractivity contribution in [1.82, 2.24) is 10.6 Å². The van der Waals surface area contributed by atoms with Crippen LogP contribution in [0.2, 0.25) is 0 Å². The quantitative estimate of drug-likeness (QED) is 0.690. The van der Waals surface area contributed by atoms with E-state index in [4.69, 9.17) is 0 Å². The Morgan fingerprint density at radius 2 is 1.96 bits per heavy atom. The van der Waals surface area contributed by atoms with Crippen molar-refractivity contribution in [3.63, 3.8) is 0 Å². The molecule has 27 heavy (non-hydrogen) atoms. The topological polar surface area (TPSA) is 62.4 Å². The van der Waals surface area contributed by atoms with E-state index in [1.807, 2.05) is 12.1 Å². The van der Waals surface area contributed by atoms with Crippen molar-refractivity contribution in [2.24, 2.45) is 5.92 Å². The highest BCUT2D eigenvalue weighted by Gasteiger charge is 2.16. The first-order valence-corrected chi connectivity index (χ1v) is 9.01. The number of piperidine rings is 1. The van der Waals surface area contributed by atoms with Crippen LogP contribution in [0.15, 0.2) is 48.5 Å². The molecule has 0 saturated carbocycles. The second-order valence-corrected chi connectivity index (χ2v) is 6.50. The molecular weight excluding hydrogens is 352 g/mol. The number of nitrogens with one attached hydrogen (secondary N) is 3. The van der Waals surface area contributed by atoms with Gasteiger partial charge in [-0.25, -0.2) is 0 Å². The Morgan fingerprint density at radius 3 is 2.67 bits per heavy atom. The van der Waals surface area contributed by atoms with Gasteiger partial charge < -0.3 is 20.7 Å². The number of benzene rings is 2. The summed E-state index contributed by atoms with van der Waals surface area (Å²) in [6.45, 7) is -0.252. The van der Waals surface area contributed by atoms with Gasteiger partial charge in [-0.1, -0.05) is 12.1 Å². The largest absolute Gasteiger partial charge is 0.435 e. The van der Waals surface area contributed by atoms with Gasteiger partial charge in [0, 0.05) is 12.2 Å². The van der Waals surface area contributed by atoms with Crippen molar-refractivity contribution in [3.05, 3.63) is 54.1 Å². The fraction of sp³-hybridized carbons (Fsp3) is 0.350. The van der Waals surface area contributed by atoms with Gasteiger partial charge in [0.2, 0.25) is 0 Å². The minimum absolute atomic E-state index is 0.0858. The third kappa shape index (κ3) is 5.65. The van der Waals surface area contributed by atoms with Gasteiger partial charge in [-0.2, -0.15) is 8.78 Å². The highest BCUT2D eigenvalue weighted by molar-refractivity contribution is 6.00. The number of hydrogen-bond acceptors (Lipinski definition) is 4. The minimum Gasteiger partial charge on any atom is -0.435 e. The number of carbonyl (C=O) groups excluding carboxylic acids is 1. The van der Waals surface area contributed by atoms with Crippen LogP contribution in [-0.2, 0) is 0 Å². The first-order valence-electron chi connectivity index (χ1n) is 9.01. The van der Waals surface area contributed by atoms with Crippen molar-refractivity contribution < 1.29 is 18.3 Å². The molecule has 1 unspecified atom stereocenters. The van der Waals surface area contributed by atoms with Crippen LogP contribution in [0.25, 0.3) is 0 Å². The lowest BCUT2D eigenvalue weighted by molar-refractivity contribution is -0.0498. The van der Waals surface area contributed by atoms with Gasteiger partial charge in [-0.3, -0.25) is 4.79 Å². The molecule has 2 aromatic rings. The predicted molar refractivity (Wildman–Crippen MR) is 101 cm³/mol. The Morgan fingerprint density at radius 1 is 1.19 bits per heavy atom. The Balaban J connectivity index is 1.63. The molecule has 1 atom stereocenters. The molecule has 0 bridgehead atoms. The number of anilines is 2. The number of rotatable bonds is 7. The first-order chi connectivity index (χ1) is 13.1. The second kappa shape index (κ2) is 9.32. The lowest BCUT2D eigenvalue weighted by Gasteiger charge is -2.23. The molecule has 1 fully saturated rings. The van der Waals surface area contributed by atoms with Gasteiger partial charge in [-0.15, -0.1) is 0 Å². The molecular formula is C20H23F2N3O2. The summed E-state index contributed by atoms with van der Waals surface area (Å²) in [4.78, 5) is 12.6. The lowest BCUT2D eigenvalue weighted by Crippen LogP contribution is -2.38. The molecule has 1 saturated heterocycles. The highest BCUT2D eigenvalue weighted by Crippen LogP contribution is 2.24. The number of ether oxygens (including phenoxy) is 1. The molecule has 5 nitrogen and oxygen atoms in total. The van der Waals surface area contributed by atoms with Gasteiger partial charge >= 0.3 is 6.61 Å². The van der Waals surface area contributed by atoms with E-state index in [9.17, 15) is 13.6 Å². The Labute approximate surface area is 157 Å². The van der Waals surface area contributed by atoms with Crippen LogP contribution >= 0.6 is 0 Å². The van der Waals surface area contributed by atoms with Crippen LogP contribution in [0, 0.1) is 5.92 Å². The molecule has 1 heterocycles. The standard InChI is InChI=1S/C20H23F2N3O2/c21-20(22)27-16-9-7-15(8-10-16)25-18-6-2-1-5-17(18)19(26)24-13-14-4-3-11-23-12-14/h1-2,5-10,14,20,23,25H,3-4,11-13H2,(H,24,26). The Kier molecular flexibility index (Phi) is 6.59. The predicted octanol–water partition coefficient (Wildman–Crippen LogP) is 3.76. The maximum atomic E-state index is 12.6. The van der Waals surface area contributed by atoms with E-state index in [1.54, 1.807) is 24.3 Å². The smallest absolute Gasteiger partial charge is 0.387 e. The summed E-state index contributed by atoms with van der Waals surface area (Å²) in [5.74, 6) is 0.397. The van der Waals surface area contributed by atoms with Crippen LogP contribution in [0.4, 0.5) is 20.2 Å². The molecule has 1 aliphatic rings. The van der Waals surface area contributed by atoms with Crippen LogP contribution in [0.1, 0.15) is 23.2 Å². The van der Waals surface area contributed by atoms with Crippen LogP contribution in [-0.4, -0.2) is 32.2 Å². The number of alkyl halides is 2. The third-order valence-corrected chi connectivity index (χ3v) is 4.48. The molecule has 0 radical (unpaired) electrons. The van der Waals surface area contributed by atoms with Gasteiger partial charge in [0.15, 0.2) is 0 Å². The normalized spacial score (nSPS) is 16.8. The molecule has 0 spiro atoms. The fourth-order valence-corrected chi connectivity index (χ4v) is 3.10. The summed E-state index contributed by atoms with van der Waals surface area (Å²) >= 11 is 0. The minimum atomic E-state index is -2.85. The number of para-hydroxylation sites is 1. The summed E-state index contributed by atoms with van der Waals surface area (Å²) in [7, 11) is 0. The van der Waals surface area contributed by atoms with Gasteiger partial charge in [0.1, 0.15) is 5.75 Å². The van der Waals surface area contributed by atoms with Crippen molar-refractivity contribution in [2.45, 2.75) is 19.5 Å². The van der Waals surface area contributed by atoms with Crippen LogP contribution in [0.3, 0.4) is 0 Å². The average molecular weight is 375 g/mol. The van der Waals surface area contributed by atoms with Gasteiger partial charge in [0.05, 0.1) is 11.3 Å². The second-order valence-electron chi connectivity index (χ2n) is 6.50. The lowest BCUT2D eigenvalue weighted by atomic mass is 9.99. The van der Waals surface area contributed by atoms with Crippen molar-refractivity contribution in [3.8, 4) is 5.75 Å². The molecule has 7 heteroatoms. The maximum Gasteiger partial charge on any atom is 0.387 e. The zero-order valence-corrected chi connectivity index (χ0v) is 14.9. The Hall–Kier alpha value is -2.67. The summed E-state index contributed by atoms with van der Waals surface area (Å²) in [5.41, 5.74) is 1.86. The third-order valence-electron chi connectivity index (χ3n) is 4.48. The SMILES string of the molecule is O=C(NCC1CCCNC1)c1ccccc1Nc1ccc(OC(F)F)cc1. The molecule has 0 aliphatic carbocycles. The molecule has 1 amide bonds. The van der Waals surface area contributed by atoms with Crippen molar-refractivity contribution in [1.29, 1.82) is 0 Å². The first kappa shape index (κ1) is 19.1. The summed E-state index contributed by atoms with van der Waals surface area (Å²) in [5, 5.41) is 9.50. The zero-order valence-electron chi connectivity index (χ0n) is 14.9. The number of amides is 1. The Bertz CT molecular complexity index is 747. The molecule has 2 aromatic carbocycles. The van der Waals surface area contributed by atoms with E-state index in [0.29, 0.717) is 29.4 Å². The maximum absolute atomic E-state index is 12.6. The van der Waals surface area contributed by atoms with E-state index in [2.05, 4.69) is 20.7 Å². The van der Waals surface area contributed by atoms with Crippen molar-refractivity contribution >= 4 is 17.3 Å². The van der Waals surface area contributed by atoms with E-state index in [1.165, 1.54) is 12.1 Å². The highest BCUT2D eigenvalue weighted by atomic mass is 19.3. The molecule has 3 N–H and O–H groups in total. The number of halogens is 2. The van der Waals surface area contributed by atoms with Crippen LogP contribution < -0.4 is 20.7 Å². The average Bonchev–Trinajstić information content (AvgIpc) is 2.68. The molecule has 144 valence electrons. The molecule has 3 rings (SSSR count). The van der Waals surface area contributed by atoms with E-state index < -0.39 is 6.61 Å². The van der Waals surface area contributed by atoms with Gasteiger partial charge in [0.25, 0.3) is 5.91 Å².